The van der Waals surface area contributed by atoms with Crippen LogP contribution in [0.25, 0.3) is 0 Å². The zero-order valence-electron chi connectivity index (χ0n) is 11.5. The average molecular weight is 306 g/mol. The molecule has 0 aromatic heterocycles. The van der Waals surface area contributed by atoms with E-state index in [1.165, 1.54) is 6.26 Å². The Labute approximate surface area is 120 Å². The summed E-state index contributed by atoms with van der Waals surface area (Å²) < 4.78 is 27.5. The second-order valence-electron chi connectivity index (χ2n) is 4.60. The van der Waals surface area contributed by atoms with Crippen molar-refractivity contribution in [1.29, 1.82) is 0 Å². The molecule has 0 heterocycles. The number of benzene rings is 1. The zero-order chi connectivity index (χ0) is 14.5. The van der Waals surface area contributed by atoms with Gasteiger partial charge in [-0.1, -0.05) is 11.6 Å². The van der Waals surface area contributed by atoms with Gasteiger partial charge in [-0.15, -0.1) is 0 Å². The molecule has 1 aromatic carbocycles. The number of hydrogen-bond acceptors (Lipinski definition) is 4. The van der Waals surface area contributed by atoms with E-state index in [2.05, 4.69) is 5.32 Å². The van der Waals surface area contributed by atoms with Gasteiger partial charge in [0.2, 0.25) is 0 Å². The van der Waals surface area contributed by atoms with Gasteiger partial charge >= 0.3 is 0 Å². The van der Waals surface area contributed by atoms with E-state index < -0.39 is 9.84 Å². The van der Waals surface area contributed by atoms with E-state index in [1.807, 2.05) is 26.0 Å². The highest BCUT2D eigenvalue weighted by atomic mass is 35.5. The minimum atomic E-state index is -2.90. The number of ether oxygens (including phenoxy) is 1. The Morgan fingerprint density at radius 1 is 1.21 bits per heavy atom. The van der Waals surface area contributed by atoms with Gasteiger partial charge in [0.05, 0.1) is 5.75 Å². The molecule has 0 saturated carbocycles. The van der Waals surface area contributed by atoms with Gasteiger partial charge in [0.15, 0.2) is 0 Å². The summed E-state index contributed by atoms with van der Waals surface area (Å²) in [7, 11) is -2.90. The number of rotatable bonds is 7. The average Bonchev–Trinajstić information content (AvgIpc) is 2.24. The summed E-state index contributed by atoms with van der Waals surface area (Å²) in [5.41, 5.74) is 2.00. The molecule has 0 amide bonds. The molecule has 6 heteroatoms. The Morgan fingerprint density at radius 2 is 1.79 bits per heavy atom. The fraction of sp³-hybridized carbons (Fsp3) is 0.538. The normalized spacial score (nSPS) is 11.6. The van der Waals surface area contributed by atoms with Gasteiger partial charge in [0.1, 0.15) is 22.2 Å². The highest BCUT2D eigenvalue weighted by molar-refractivity contribution is 7.90. The Morgan fingerprint density at radius 3 is 2.32 bits per heavy atom. The Hall–Kier alpha value is -0.780. The molecule has 0 aliphatic carbocycles. The molecule has 0 aliphatic rings. The monoisotopic (exact) mass is 305 g/mol. The van der Waals surface area contributed by atoms with E-state index in [-0.39, 0.29) is 5.75 Å². The van der Waals surface area contributed by atoms with Crippen molar-refractivity contribution in [2.75, 3.05) is 31.7 Å². The fourth-order valence-electron chi connectivity index (χ4n) is 1.73. The van der Waals surface area contributed by atoms with Crippen molar-refractivity contribution < 1.29 is 13.2 Å². The molecule has 0 aliphatic heterocycles. The first-order valence-corrected chi connectivity index (χ1v) is 8.51. The van der Waals surface area contributed by atoms with Crippen LogP contribution in [0.3, 0.4) is 0 Å². The van der Waals surface area contributed by atoms with Gasteiger partial charge in [-0.05, 0) is 37.1 Å². The van der Waals surface area contributed by atoms with Crippen LogP contribution in [-0.2, 0) is 9.84 Å². The van der Waals surface area contributed by atoms with Crippen LogP contribution in [0, 0.1) is 13.8 Å². The first-order chi connectivity index (χ1) is 8.79. The summed E-state index contributed by atoms with van der Waals surface area (Å²) >= 11 is 5.94. The topological polar surface area (TPSA) is 55.4 Å². The third kappa shape index (κ3) is 6.27. The maximum atomic E-state index is 10.9. The molecular weight excluding hydrogens is 286 g/mol. The van der Waals surface area contributed by atoms with Crippen molar-refractivity contribution >= 4 is 21.4 Å². The number of nitrogens with one attached hydrogen (secondary N) is 1. The SMILES string of the molecule is Cc1cc(Cl)cc(C)c1OCCNCCS(C)(=O)=O. The van der Waals surface area contributed by atoms with E-state index >= 15 is 0 Å². The second kappa shape index (κ2) is 7.12. The lowest BCUT2D eigenvalue weighted by Crippen LogP contribution is -2.26. The fourth-order valence-corrected chi connectivity index (χ4v) is 2.58. The molecule has 0 saturated heterocycles. The summed E-state index contributed by atoms with van der Waals surface area (Å²) in [4.78, 5) is 0. The molecule has 0 spiro atoms. The maximum Gasteiger partial charge on any atom is 0.148 e. The molecule has 0 bridgehead atoms. The van der Waals surface area contributed by atoms with Crippen molar-refractivity contribution in [2.45, 2.75) is 13.8 Å². The molecule has 108 valence electrons. The van der Waals surface area contributed by atoms with Crippen molar-refractivity contribution in [3.8, 4) is 5.75 Å². The van der Waals surface area contributed by atoms with E-state index in [1.54, 1.807) is 0 Å². The van der Waals surface area contributed by atoms with Crippen molar-refractivity contribution in [3.63, 3.8) is 0 Å². The summed E-state index contributed by atoms with van der Waals surface area (Å²) in [5, 5.41) is 3.73. The van der Waals surface area contributed by atoms with E-state index in [9.17, 15) is 8.42 Å². The Bertz CT molecular complexity index is 506. The van der Waals surface area contributed by atoms with E-state index in [4.69, 9.17) is 16.3 Å². The molecule has 0 unspecified atom stereocenters. The van der Waals surface area contributed by atoms with Gasteiger partial charge in [-0.2, -0.15) is 0 Å². The number of hydrogen-bond donors (Lipinski definition) is 1. The Balaban J connectivity index is 2.34. The molecule has 19 heavy (non-hydrogen) atoms. The van der Waals surface area contributed by atoms with Crippen LogP contribution in [0.5, 0.6) is 5.75 Å². The minimum absolute atomic E-state index is 0.145. The minimum Gasteiger partial charge on any atom is -0.492 e. The molecule has 0 fully saturated rings. The maximum absolute atomic E-state index is 10.9. The second-order valence-corrected chi connectivity index (χ2v) is 7.29. The van der Waals surface area contributed by atoms with Crippen LogP contribution in [0.4, 0.5) is 0 Å². The van der Waals surface area contributed by atoms with Gasteiger partial charge in [-0.3, -0.25) is 0 Å². The molecular formula is C13H20ClNO3S. The third-order valence-corrected chi connectivity index (χ3v) is 3.76. The summed E-state index contributed by atoms with van der Waals surface area (Å²) in [6.45, 7) is 5.45. The zero-order valence-corrected chi connectivity index (χ0v) is 13.1. The largest absolute Gasteiger partial charge is 0.492 e. The van der Waals surface area contributed by atoms with Gasteiger partial charge in [-0.25, -0.2) is 8.42 Å². The van der Waals surface area contributed by atoms with Crippen molar-refractivity contribution in [2.24, 2.45) is 0 Å². The van der Waals surface area contributed by atoms with E-state index in [0.29, 0.717) is 24.7 Å². The lowest BCUT2D eigenvalue weighted by Gasteiger charge is -2.13. The summed E-state index contributed by atoms with van der Waals surface area (Å²) in [5.74, 6) is 0.987. The lowest BCUT2D eigenvalue weighted by molar-refractivity contribution is 0.311. The van der Waals surface area contributed by atoms with Gasteiger partial charge in [0.25, 0.3) is 0 Å². The molecule has 1 rings (SSSR count). The van der Waals surface area contributed by atoms with E-state index in [0.717, 1.165) is 16.9 Å². The molecule has 0 atom stereocenters. The van der Waals surface area contributed by atoms with Crippen LogP contribution < -0.4 is 10.1 Å². The first kappa shape index (κ1) is 16.3. The van der Waals surface area contributed by atoms with Gasteiger partial charge < -0.3 is 10.1 Å². The highest BCUT2D eigenvalue weighted by Crippen LogP contribution is 2.26. The van der Waals surface area contributed by atoms with Gasteiger partial charge in [0, 0.05) is 24.4 Å². The predicted molar refractivity (Wildman–Crippen MR) is 79.0 cm³/mol. The molecule has 4 nitrogen and oxygen atoms in total. The molecule has 1 aromatic rings. The van der Waals surface area contributed by atoms with Crippen LogP contribution in [0.2, 0.25) is 5.02 Å². The summed E-state index contributed by atoms with van der Waals surface area (Å²) in [6.07, 6.45) is 1.23. The quantitative estimate of drug-likeness (QED) is 0.783. The predicted octanol–water partition coefficient (Wildman–Crippen LogP) is 1.97. The Kier molecular flexibility index (Phi) is 6.10. The third-order valence-electron chi connectivity index (χ3n) is 2.60. The van der Waals surface area contributed by atoms with Crippen molar-refractivity contribution in [3.05, 3.63) is 28.3 Å². The lowest BCUT2D eigenvalue weighted by atomic mass is 10.1. The summed E-state index contributed by atoms with van der Waals surface area (Å²) in [6, 6.07) is 3.72. The van der Waals surface area contributed by atoms with Crippen LogP contribution in [0.15, 0.2) is 12.1 Å². The number of sulfone groups is 1. The van der Waals surface area contributed by atoms with Crippen LogP contribution in [-0.4, -0.2) is 40.1 Å². The van der Waals surface area contributed by atoms with Crippen LogP contribution in [0.1, 0.15) is 11.1 Å². The van der Waals surface area contributed by atoms with Crippen LogP contribution >= 0.6 is 11.6 Å². The smallest absolute Gasteiger partial charge is 0.148 e. The number of aryl methyl sites for hydroxylation is 2. The highest BCUT2D eigenvalue weighted by Gasteiger charge is 2.05. The van der Waals surface area contributed by atoms with Crippen molar-refractivity contribution in [1.82, 2.24) is 5.32 Å². The number of halogens is 1. The molecule has 0 radical (unpaired) electrons. The molecule has 1 N–H and O–H groups in total. The standard InChI is InChI=1S/C13H20ClNO3S/c1-10-8-12(14)9-11(2)13(10)18-6-4-15-5-7-19(3,16)17/h8-9,15H,4-7H2,1-3H3. The first-order valence-electron chi connectivity index (χ1n) is 6.07.